The summed E-state index contributed by atoms with van der Waals surface area (Å²) in [4.78, 5) is 36.7. The number of carboxylic acid groups (broad SMARTS) is 1. The van der Waals surface area contributed by atoms with Gasteiger partial charge in [-0.15, -0.1) is 0 Å². The van der Waals surface area contributed by atoms with Gasteiger partial charge in [0.15, 0.2) is 0 Å². The lowest BCUT2D eigenvalue weighted by Crippen LogP contribution is -2.47. The van der Waals surface area contributed by atoms with Gasteiger partial charge in [-0.3, -0.25) is 9.59 Å². The highest BCUT2D eigenvalue weighted by Gasteiger charge is 2.38. The molecule has 1 aromatic carbocycles. The summed E-state index contributed by atoms with van der Waals surface area (Å²) in [5.41, 5.74) is 0.547. The summed E-state index contributed by atoms with van der Waals surface area (Å²) in [5, 5.41) is 20.5. The number of carbonyl (C=O) groups is 3. The number of aliphatic carboxylic acids is 1. The van der Waals surface area contributed by atoms with Crippen LogP contribution in [0, 0.1) is 0 Å². The van der Waals surface area contributed by atoms with Gasteiger partial charge in [0.2, 0.25) is 5.91 Å². The van der Waals surface area contributed by atoms with Crippen LogP contribution in [-0.4, -0.2) is 52.1 Å². The number of aliphatic hydroxyl groups is 1. The Labute approximate surface area is 127 Å². The summed E-state index contributed by atoms with van der Waals surface area (Å²) in [6.45, 7) is -0.396. The molecule has 7 nitrogen and oxygen atoms in total. The van der Waals surface area contributed by atoms with Crippen LogP contribution < -0.4 is 5.32 Å². The van der Waals surface area contributed by atoms with Crippen LogP contribution in [0.2, 0.25) is 0 Å². The van der Waals surface area contributed by atoms with Gasteiger partial charge in [0, 0.05) is 6.54 Å². The first-order chi connectivity index (χ1) is 10.5. The van der Waals surface area contributed by atoms with Crippen molar-refractivity contribution in [2.24, 2.45) is 0 Å². The van der Waals surface area contributed by atoms with Crippen LogP contribution in [0.15, 0.2) is 30.3 Å². The lowest BCUT2D eigenvalue weighted by molar-refractivity contribution is -0.149. The fraction of sp³-hybridized carbons (Fsp3) is 0.400. The normalized spacial score (nSPS) is 18.8. The Bertz CT molecular complexity index is 560. The fourth-order valence-electron chi connectivity index (χ4n) is 2.59. The Morgan fingerprint density at radius 1 is 1.27 bits per heavy atom. The van der Waals surface area contributed by atoms with Gasteiger partial charge in [0.05, 0.1) is 0 Å². The first kappa shape index (κ1) is 16.0. The summed E-state index contributed by atoms with van der Waals surface area (Å²) >= 11 is 0. The molecule has 0 bridgehead atoms. The third-order valence-corrected chi connectivity index (χ3v) is 3.65. The third-order valence-electron chi connectivity index (χ3n) is 3.65. The van der Waals surface area contributed by atoms with Gasteiger partial charge in [-0.25, -0.2) is 4.79 Å². The first-order valence-corrected chi connectivity index (χ1v) is 7.03. The smallest absolute Gasteiger partial charge is 0.326 e. The SMILES string of the molecule is O=C(CO)N[C@@H](C(=O)N1CCC[C@H]1C(=O)O)c1ccccc1. The minimum atomic E-state index is -1.05. The maximum absolute atomic E-state index is 12.7. The molecule has 1 fully saturated rings. The van der Waals surface area contributed by atoms with Crippen molar-refractivity contribution in [3.8, 4) is 0 Å². The number of aliphatic hydroxyl groups excluding tert-OH is 1. The number of likely N-dealkylation sites (tertiary alicyclic amines) is 1. The van der Waals surface area contributed by atoms with Crippen molar-refractivity contribution in [3.05, 3.63) is 35.9 Å². The molecular formula is C15H18N2O5. The molecule has 1 saturated heterocycles. The van der Waals surface area contributed by atoms with E-state index in [9.17, 15) is 19.5 Å². The Morgan fingerprint density at radius 3 is 2.55 bits per heavy atom. The second-order valence-corrected chi connectivity index (χ2v) is 5.10. The van der Waals surface area contributed by atoms with E-state index in [0.717, 1.165) is 0 Å². The number of carbonyl (C=O) groups excluding carboxylic acids is 2. The topological polar surface area (TPSA) is 107 Å². The highest BCUT2D eigenvalue weighted by molar-refractivity contribution is 5.91. The molecular weight excluding hydrogens is 288 g/mol. The number of amides is 2. The molecule has 22 heavy (non-hydrogen) atoms. The van der Waals surface area contributed by atoms with Crippen LogP contribution in [-0.2, 0) is 14.4 Å². The summed E-state index contributed by atoms with van der Waals surface area (Å²) in [7, 11) is 0. The van der Waals surface area contributed by atoms with Crippen LogP contribution in [0.3, 0.4) is 0 Å². The Hall–Kier alpha value is -2.41. The maximum Gasteiger partial charge on any atom is 0.326 e. The number of benzene rings is 1. The van der Waals surface area contributed by atoms with Gasteiger partial charge < -0.3 is 20.4 Å². The molecule has 1 aliphatic rings. The van der Waals surface area contributed by atoms with E-state index in [4.69, 9.17) is 5.11 Å². The standard InChI is InChI=1S/C15H18N2O5/c18-9-12(19)16-13(10-5-2-1-3-6-10)14(20)17-8-4-7-11(17)15(21)22/h1-3,5-6,11,13,18H,4,7-9H2,(H,16,19)(H,21,22)/t11-,13+/m0/s1. The summed E-state index contributed by atoms with van der Waals surface area (Å²) in [5.74, 6) is -2.21. The van der Waals surface area contributed by atoms with E-state index < -0.39 is 36.5 Å². The van der Waals surface area contributed by atoms with Crippen molar-refractivity contribution in [1.82, 2.24) is 10.2 Å². The average Bonchev–Trinajstić information content (AvgIpc) is 3.02. The van der Waals surface area contributed by atoms with E-state index in [0.29, 0.717) is 24.9 Å². The van der Waals surface area contributed by atoms with Crippen molar-refractivity contribution in [2.45, 2.75) is 24.9 Å². The molecule has 0 radical (unpaired) electrons. The average molecular weight is 306 g/mol. The van der Waals surface area contributed by atoms with Gasteiger partial charge in [0.25, 0.3) is 5.91 Å². The Kier molecular flexibility index (Phi) is 5.11. The zero-order valence-corrected chi connectivity index (χ0v) is 11.9. The third kappa shape index (κ3) is 3.43. The van der Waals surface area contributed by atoms with E-state index in [2.05, 4.69) is 5.32 Å². The lowest BCUT2D eigenvalue weighted by atomic mass is 10.0. The van der Waals surface area contributed by atoms with Crippen molar-refractivity contribution in [1.29, 1.82) is 0 Å². The molecule has 0 aliphatic carbocycles. The minimum absolute atomic E-state index is 0.341. The van der Waals surface area contributed by atoms with Gasteiger partial charge in [-0.1, -0.05) is 30.3 Å². The van der Waals surface area contributed by atoms with Crippen molar-refractivity contribution < 1.29 is 24.6 Å². The zero-order chi connectivity index (χ0) is 16.1. The molecule has 2 amide bonds. The first-order valence-electron chi connectivity index (χ1n) is 7.03. The van der Waals surface area contributed by atoms with Gasteiger partial charge in [0.1, 0.15) is 18.7 Å². The molecule has 0 aromatic heterocycles. The van der Waals surface area contributed by atoms with Gasteiger partial charge in [-0.2, -0.15) is 0 Å². The molecule has 2 rings (SSSR count). The van der Waals surface area contributed by atoms with E-state index in [1.807, 2.05) is 0 Å². The molecule has 1 aromatic rings. The molecule has 3 N–H and O–H groups in total. The highest BCUT2D eigenvalue weighted by atomic mass is 16.4. The Morgan fingerprint density at radius 2 is 1.95 bits per heavy atom. The second kappa shape index (κ2) is 7.04. The van der Waals surface area contributed by atoms with Crippen LogP contribution in [0.5, 0.6) is 0 Å². The van der Waals surface area contributed by atoms with Crippen LogP contribution >= 0.6 is 0 Å². The van der Waals surface area contributed by atoms with E-state index in [1.54, 1.807) is 30.3 Å². The quantitative estimate of drug-likeness (QED) is 0.705. The van der Waals surface area contributed by atoms with Crippen LogP contribution in [0.1, 0.15) is 24.4 Å². The predicted octanol–water partition coefficient (Wildman–Crippen LogP) is -0.0882. The predicted molar refractivity (Wildman–Crippen MR) is 76.8 cm³/mol. The largest absolute Gasteiger partial charge is 0.480 e. The number of hydrogen-bond donors (Lipinski definition) is 3. The summed E-state index contributed by atoms with van der Waals surface area (Å²) < 4.78 is 0. The van der Waals surface area contributed by atoms with Crippen molar-refractivity contribution in [3.63, 3.8) is 0 Å². The van der Waals surface area contributed by atoms with E-state index in [-0.39, 0.29) is 0 Å². The fourth-order valence-corrected chi connectivity index (χ4v) is 2.59. The molecule has 2 atom stereocenters. The zero-order valence-electron chi connectivity index (χ0n) is 11.9. The number of rotatable bonds is 5. The summed E-state index contributed by atoms with van der Waals surface area (Å²) in [6.07, 6.45) is 1.01. The van der Waals surface area contributed by atoms with E-state index in [1.165, 1.54) is 4.90 Å². The molecule has 0 unspecified atom stereocenters. The number of nitrogens with one attached hydrogen (secondary N) is 1. The molecule has 1 heterocycles. The highest BCUT2D eigenvalue weighted by Crippen LogP contribution is 2.23. The number of hydrogen-bond acceptors (Lipinski definition) is 4. The monoisotopic (exact) mass is 306 g/mol. The number of carboxylic acids is 1. The van der Waals surface area contributed by atoms with Gasteiger partial charge >= 0.3 is 5.97 Å². The maximum atomic E-state index is 12.7. The molecule has 1 aliphatic heterocycles. The van der Waals surface area contributed by atoms with Crippen LogP contribution in [0.4, 0.5) is 0 Å². The molecule has 7 heteroatoms. The van der Waals surface area contributed by atoms with Crippen molar-refractivity contribution in [2.75, 3.05) is 13.2 Å². The Balaban J connectivity index is 2.26. The van der Waals surface area contributed by atoms with Gasteiger partial charge in [-0.05, 0) is 18.4 Å². The van der Waals surface area contributed by atoms with Crippen molar-refractivity contribution >= 4 is 17.8 Å². The molecule has 0 spiro atoms. The van der Waals surface area contributed by atoms with E-state index >= 15 is 0 Å². The minimum Gasteiger partial charge on any atom is -0.480 e. The number of nitrogens with zero attached hydrogens (tertiary/aromatic N) is 1. The molecule has 118 valence electrons. The second-order valence-electron chi connectivity index (χ2n) is 5.10. The summed E-state index contributed by atoms with van der Waals surface area (Å²) in [6, 6.07) is 6.69. The van der Waals surface area contributed by atoms with Crippen LogP contribution in [0.25, 0.3) is 0 Å². The lowest BCUT2D eigenvalue weighted by Gasteiger charge is -2.27. The molecule has 0 saturated carbocycles.